The van der Waals surface area contributed by atoms with Crippen LogP contribution in [0.15, 0.2) is 24.3 Å². The molecule has 1 aromatic carbocycles. The van der Waals surface area contributed by atoms with Crippen molar-refractivity contribution in [2.75, 3.05) is 49.7 Å². The van der Waals surface area contributed by atoms with Crippen LogP contribution in [0.4, 0.5) is 11.8 Å². The molecule has 0 radical (unpaired) electrons. The normalized spacial score (nSPS) is 19.3. The third kappa shape index (κ3) is 4.80. The molecular weight excluding hydrogens is 438 g/mol. The summed E-state index contributed by atoms with van der Waals surface area (Å²) in [5.74, 6) is 1.81. The molecule has 176 valence electrons. The number of rotatable bonds is 4. The predicted molar refractivity (Wildman–Crippen MR) is 130 cm³/mol. The molecule has 0 N–H and O–H groups in total. The van der Waals surface area contributed by atoms with E-state index in [0.29, 0.717) is 42.9 Å². The summed E-state index contributed by atoms with van der Waals surface area (Å²) in [6, 6.07) is 7.62. The second-order valence-electron chi connectivity index (χ2n) is 9.26. The van der Waals surface area contributed by atoms with Gasteiger partial charge in [0.15, 0.2) is 0 Å². The van der Waals surface area contributed by atoms with Crippen LogP contribution in [0.25, 0.3) is 0 Å². The Morgan fingerprint density at radius 1 is 1.06 bits per heavy atom. The molecule has 8 heteroatoms. The molecule has 5 rings (SSSR count). The van der Waals surface area contributed by atoms with E-state index in [-0.39, 0.29) is 5.91 Å². The molecule has 1 saturated carbocycles. The maximum atomic E-state index is 13.2. The standard InChI is InChI=1S/C25H32ClN5O2/c1-29(20-5-3-2-4-6-20)25-27-22-11-12-31(24(32)18-7-9-19(26)10-8-18)17-21(22)23(28-25)30-13-15-33-16-14-30/h7-10,20H,2-6,11-17H2,1H3. The molecule has 33 heavy (non-hydrogen) atoms. The number of morpholine rings is 1. The fourth-order valence-corrected chi connectivity index (χ4v) is 5.28. The van der Waals surface area contributed by atoms with Gasteiger partial charge in [0, 0.05) is 55.3 Å². The Morgan fingerprint density at radius 3 is 2.52 bits per heavy atom. The third-order valence-corrected chi connectivity index (χ3v) is 7.41. The van der Waals surface area contributed by atoms with Crippen LogP contribution in [0.2, 0.25) is 5.02 Å². The maximum Gasteiger partial charge on any atom is 0.254 e. The number of hydrogen-bond acceptors (Lipinski definition) is 6. The molecule has 2 aromatic rings. The average Bonchev–Trinajstić information content (AvgIpc) is 2.88. The Morgan fingerprint density at radius 2 is 1.79 bits per heavy atom. The molecule has 0 unspecified atom stereocenters. The number of halogens is 1. The highest BCUT2D eigenvalue weighted by Crippen LogP contribution is 2.32. The Labute approximate surface area is 200 Å². The van der Waals surface area contributed by atoms with Crippen molar-refractivity contribution in [3.05, 3.63) is 46.1 Å². The van der Waals surface area contributed by atoms with Gasteiger partial charge in [0.1, 0.15) is 5.82 Å². The third-order valence-electron chi connectivity index (χ3n) is 7.15. The van der Waals surface area contributed by atoms with Crippen LogP contribution in [-0.4, -0.2) is 66.7 Å². The Kier molecular flexibility index (Phi) is 6.69. The van der Waals surface area contributed by atoms with E-state index in [1.165, 1.54) is 32.1 Å². The van der Waals surface area contributed by atoms with Gasteiger partial charge >= 0.3 is 0 Å². The van der Waals surface area contributed by atoms with E-state index in [0.717, 1.165) is 42.5 Å². The zero-order valence-corrected chi connectivity index (χ0v) is 20.1. The zero-order valence-electron chi connectivity index (χ0n) is 19.3. The fourth-order valence-electron chi connectivity index (χ4n) is 5.16. The maximum absolute atomic E-state index is 13.2. The van der Waals surface area contributed by atoms with Crippen molar-refractivity contribution in [2.45, 2.75) is 51.1 Å². The predicted octanol–water partition coefficient (Wildman–Crippen LogP) is 3.93. The molecule has 2 fully saturated rings. The summed E-state index contributed by atoms with van der Waals surface area (Å²) in [5.41, 5.74) is 2.81. The molecule has 1 aromatic heterocycles. The number of aromatic nitrogens is 2. The molecule has 0 spiro atoms. The number of carbonyl (C=O) groups is 1. The SMILES string of the molecule is CN(c1nc2c(c(N3CCOCC3)n1)CN(C(=O)c1ccc(Cl)cc1)CC2)C1CCCCC1. The summed E-state index contributed by atoms with van der Waals surface area (Å²) in [6.45, 7) is 4.18. The van der Waals surface area contributed by atoms with E-state index in [1.54, 1.807) is 24.3 Å². The minimum atomic E-state index is 0.0219. The van der Waals surface area contributed by atoms with Crippen molar-refractivity contribution in [3.63, 3.8) is 0 Å². The summed E-state index contributed by atoms with van der Waals surface area (Å²) >= 11 is 6.01. The number of fused-ring (bicyclic) bond motifs is 1. The Balaban J connectivity index is 1.45. The first kappa shape index (κ1) is 22.4. The summed E-state index contributed by atoms with van der Waals surface area (Å²) in [4.78, 5) is 29.8. The van der Waals surface area contributed by atoms with Crippen LogP contribution < -0.4 is 9.80 Å². The van der Waals surface area contributed by atoms with E-state index in [4.69, 9.17) is 26.3 Å². The highest BCUT2D eigenvalue weighted by molar-refractivity contribution is 6.30. The van der Waals surface area contributed by atoms with Gasteiger partial charge < -0.3 is 19.4 Å². The molecular formula is C25H32ClN5O2. The lowest BCUT2D eigenvalue weighted by Gasteiger charge is -2.37. The van der Waals surface area contributed by atoms with Gasteiger partial charge in [-0.25, -0.2) is 4.98 Å². The lowest BCUT2D eigenvalue weighted by atomic mass is 9.95. The van der Waals surface area contributed by atoms with E-state index in [9.17, 15) is 4.79 Å². The van der Waals surface area contributed by atoms with E-state index >= 15 is 0 Å². The quantitative estimate of drug-likeness (QED) is 0.676. The zero-order chi connectivity index (χ0) is 22.8. The second-order valence-corrected chi connectivity index (χ2v) is 9.69. The molecule has 0 bridgehead atoms. The molecule has 2 aliphatic heterocycles. The average molecular weight is 470 g/mol. The lowest BCUT2D eigenvalue weighted by Crippen LogP contribution is -2.42. The lowest BCUT2D eigenvalue weighted by molar-refractivity contribution is 0.0733. The number of ether oxygens (including phenoxy) is 1. The first-order valence-corrected chi connectivity index (χ1v) is 12.5. The number of nitrogens with zero attached hydrogens (tertiary/aromatic N) is 5. The van der Waals surface area contributed by atoms with Crippen molar-refractivity contribution >= 4 is 29.3 Å². The van der Waals surface area contributed by atoms with Crippen molar-refractivity contribution in [1.82, 2.24) is 14.9 Å². The van der Waals surface area contributed by atoms with Crippen LogP contribution >= 0.6 is 11.6 Å². The van der Waals surface area contributed by atoms with Gasteiger partial charge in [-0.3, -0.25) is 4.79 Å². The molecule has 1 amide bonds. The van der Waals surface area contributed by atoms with Crippen molar-refractivity contribution < 1.29 is 9.53 Å². The van der Waals surface area contributed by atoms with E-state index < -0.39 is 0 Å². The monoisotopic (exact) mass is 469 g/mol. The molecule has 0 atom stereocenters. The van der Waals surface area contributed by atoms with Crippen molar-refractivity contribution in [3.8, 4) is 0 Å². The first-order valence-electron chi connectivity index (χ1n) is 12.1. The Bertz CT molecular complexity index is 987. The van der Waals surface area contributed by atoms with E-state index in [2.05, 4.69) is 16.8 Å². The minimum Gasteiger partial charge on any atom is -0.378 e. The topological polar surface area (TPSA) is 61.8 Å². The van der Waals surface area contributed by atoms with Crippen molar-refractivity contribution in [2.24, 2.45) is 0 Å². The highest BCUT2D eigenvalue weighted by atomic mass is 35.5. The second kappa shape index (κ2) is 9.85. The molecule has 7 nitrogen and oxygen atoms in total. The van der Waals surface area contributed by atoms with Gasteiger partial charge in [-0.2, -0.15) is 4.98 Å². The summed E-state index contributed by atoms with van der Waals surface area (Å²) in [7, 11) is 2.14. The van der Waals surface area contributed by atoms with Crippen LogP contribution in [-0.2, 0) is 17.7 Å². The molecule has 1 saturated heterocycles. The molecule has 3 heterocycles. The summed E-state index contributed by atoms with van der Waals surface area (Å²) in [5, 5.41) is 0.633. The summed E-state index contributed by atoms with van der Waals surface area (Å²) < 4.78 is 5.59. The van der Waals surface area contributed by atoms with Crippen LogP contribution in [0.5, 0.6) is 0 Å². The highest BCUT2D eigenvalue weighted by Gasteiger charge is 2.30. The van der Waals surface area contributed by atoms with Gasteiger partial charge in [-0.15, -0.1) is 0 Å². The van der Waals surface area contributed by atoms with E-state index in [1.807, 2.05) is 4.90 Å². The van der Waals surface area contributed by atoms with Crippen LogP contribution in [0.3, 0.4) is 0 Å². The summed E-state index contributed by atoms with van der Waals surface area (Å²) in [6.07, 6.45) is 7.02. The molecule has 3 aliphatic rings. The number of amides is 1. The smallest absolute Gasteiger partial charge is 0.254 e. The van der Waals surface area contributed by atoms with Gasteiger partial charge in [0.25, 0.3) is 5.91 Å². The number of anilines is 2. The Hall–Kier alpha value is -2.38. The molecule has 1 aliphatic carbocycles. The van der Waals surface area contributed by atoms with Gasteiger partial charge in [0.05, 0.1) is 25.5 Å². The number of carbonyl (C=O) groups excluding carboxylic acids is 1. The fraction of sp³-hybridized carbons (Fsp3) is 0.560. The van der Waals surface area contributed by atoms with Crippen molar-refractivity contribution in [1.29, 1.82) is 0 Å². The number of benzene rings is 1. The van der Waals surface area contributed by atoms with Crippen LogP contribution in [0.1, 0.15) is 53.7 Å². The largest absolute Gasteiger partial charge is 0.378 e. The first-order chi connectivity index (χ1) is 16.1. The van der Waals surface area contributed by atoms with Gasteiger partial charge in [-0.05, 0) is 37.1 Å². The van der Waals surface area contributed by atoms with Gasteiger partial charge in [0.2, 0.25) is 5.95 Å². The van der Waals surface area contributed by atoms with Gasteiger partial charge in [-0.1, -0.05) is 30.9 Å². The number of hydrogen-bond donors (Lipinski definition) is 0. The van der Waals surface area contributed by atoms with Crippen LogP contribution in [0, 0.1) is 0 Å². The minimum absolute atomic E-state index is 0.0219.